The van der Waals surface area contributed by atoms with Gasteiger partial charge in [0.15, 0.2) is 0 Å². The van der Waals surface area contributed by atoms with E-state index in [1.165, 1.54) is 4.90 Å². The van der Waals surface area contributed by atoms with Gasteiger partial charge in [-0.3, -0.25) is 19.0 Å². The lowest BCUT2D eigenvalue weighted by atomic mass is 9.74. The second kappa shape index (κ2) is 19.5. The number of imidazole rings is 1. The minimum Gasteiger partial charge on any atom is -0.445 e. The van der Waals surface area contributed by atoms with Crippen LogP contribution in [0, 0.1) is 12.3 Å². The molecule has 0 saturated carbocycles. The summed E-state index contributed by atoms with van der Waals surface area (Å²) in [7, 11) is -3.83. The molecule has 298 valence electrons. The number of sulfonamides is 1. The summed E-state index contributed by atoms with van der Waals surface area (Å²) in [4.78, 5) is 52.0. The number of nitrogens with one attached hydrogen (secondary N) is 2. The molecule has 1 spiro atoms. The molecule has 55 heavy (non-hydrogen) atoms. The maximum Gasteiger partial charge on any atom is 0.410 e. The summed E-state index contributed by atoms with van der Waals surface area (Å²) in [5.41, 5.74) is 2.15. The van der Waals surface area contributed by atoms with Gasteiger partial charge in [0.05, 0.1) is 67.1 Å². The third kappa shape index (κ3) is 10.7. The maximum absolute atomic E-state index is 14.4. The number of unbranched alkanes of at least 4 members (excludes halogenated alkanes) is 1. The van der Waals surface area contributed by atoms with Gasteiger partial charge in [-0.05, 0) is 62.4 Å². The first-order chi connectivity index (χ1) is 26.5. The zero-order chi connectivity index (χ0) is 39.4. The molecule has 1 fully saturated rings. The number of alkyl halides is 1. The van der Waals surface area contributed by atoms with Crippen LogP contribution in [-0.4, -0.2) is 117 Å². The van der Waals surface area contributed by atoms with E-state index in [2.05, 4.69) is 20.9 Å². The lowest BCUT2D eigenvalue weighted by Gasteiger charge is -2.38. The number of halogens is 2. The number of carbonyl (C=O) groups is 3. The van der Waals surface area contributed by atoms with Crippen molar-refractivity contribution < 1.29 is 41.4 Å². The molecule has 0 radical (unpaired) electrons. The summed E-state index contributed by atoms with van der Waals surface area (Å²) in [5, 5.41) is 3.13. The van der Waals surface area contributed by atoms with Crippen molar-refractivity contribution in [1.29, 1.82) is 0 Å². The first-order valence-electron chi connectivity index (χ1n) is 18.2. The number of aromatic nitrogens is 3. The molecule has 1 saturated heterocycles. The van der Waals surface area contributed by atoms with Crippen LogP contribution in [0.4, 0.5) is 14.9 Å². The van der Waals surface area contributed by atoms with Crippen LogP contribution >= 0.6 is 11.6 Å². The number of terminal acetylenes is 1. The number of ether oxygens (including phenoxy) is 3. The Morgan fingerprint density at radius 1 is 1.15 bits per heavy atom. The Morgan fingerprint density at radius 3 is 2.69 bits per heavy atom. The number of carbonyl (C=O) groups excluding carboxylic acids is 3. The number of piperidine rings is 1. The van der Waals surface area contributed by atoms with Crippen LogP contribution in [0.1, 0.15) is 50.4 Å². The maximum atomic E-state index is 14.4. The van der Waals surface area contributed by atoms with E-state index in [9.17, 15) is 27.2 Å². The molecule has 1 aromatic carbocycles. The number of pyridine rings is 1. The molecule has 2 N–H and O–H groups in total. The zero-order valence-electron chi connectivity index (χ0n) is 30.8. The number of aryl methyl sites for hydroxylation is 1. The van der Waals surface area contributed by atoms with Crippen LogP contribution < -0.4 is 14.9 Å². The molecule has 3 aromatic rings. The monoisotopic (exact) mass is 803 g/mol. The van der Waals surface area contributed by atoms with E-state index in [4.69, 9.17) is 37.2 Å². The Kier molecular flexibility index (Phi) is 14.8. The van der Waals surface area contributed by atoms with Crippen LogP contribution in [0.15, 0.2) is 36.7 Å². The van der Waals surface area contributed by atoms with Gasteiger partial charge in [0.2, 0.25) is 21.8 Å². The molecule has 0 unspecified atom stereocenters. The highest BCUT2D eigenvalue weighted by molar-refractivity contribution is 7.89. The van der Waals surface area contributed by atoms with Crippen molar-refractivity contribution in [1.82, 2.24) is 29.5 Å². The van der Waals surface area contributed by atoms with Crippen molar-refractivity contribution >= 4 is 56.3 Å². The van der Waals surface area contributed by atoms with Crippen molar-refractivity contribution in [2.45, 2.75) is 63.6 Å². The van der Waals surface area contributed by atoms with E-state index >= 15 is 0 Å². The molecule has 3 amide bonds. The first-order valence-corrected chi connectivity index (χ1v) is 20.3. The predicted octanol–water partition coefficient (Wildman–Crippen LogP) is 3.33. The third-order valence-corrected chi connectivity index (χ3v) is 11.2. The van der Waals surface area contributed by atoms with E-state index in [0.717, 1.165) is 11.1 Å². The number of hydrogen-bond acceptors (Lipinski definition) is 10. The van der Waals surface area contributed by atoms with Gasteiger partial charge in [-0.1, -0.05) is 17.5 Å². The van der Waals surface area contributed by atoms with E-state index in [1.54, 1.807) is 36.4 Å². The number of nitrogens with zero attached hydrogens (tertiary/aromatic N) is 5. The van der Waals surface area contributed by atoms with Gasteiger partial charge in [0.1, 0.15) is 18.5 Å². The minimum atomic E-state index is -3.83. The van der Waals surface area contributed by atoms with E-state index in [-0.39, 0.29) is 58.3 Å². The Balaban J connectivity index is 1.11. The average molecular weight is 804 g/mol. The van der Waals surface area contributed by atoms with E-state index in [1.807, 2.05) is 16.7 Å². The Hall–Kier alpha value is -4.34. The molecule has 4 heterocycles. The van der Waals surface area contributed by atoms with Crippen LogP contribution in [0.3, 0.4) is 0 Å². The fourth-order valence-electron chi connectivity index (χ4n) is 6.76. The zero-order valence-corrected chi connectivity index (χ0v) is 32.4. The fraction of sp³-hybridized carbons (Fsp3) is 0.541. The molecule has 0 bridgehead atoms. The van der Waals surface area contributed by atoms with E-state index in [0.29, 0.717) is 67.5 Å². The largest absolute Gasteiger partial charge is 0.445 e. The number of hydrogen-bond donors (Lipinski definition) is 2. The lowest BCUT2D eigenvalue weighted by molar-refractivity contribution is -0.125. The first kappa shape index (κ1) is 41.8. The topological polar surface area (TPSA) is 174 Å². The number of fused-ring (bicyclic) bond motifs is 3. The highest BCUT2D eigenvalue weighted by atomic mass is 35.5. The summed E-state index contributed by atoms with van der Waals surface area (Å²) in [6.45, 7) is 3.43. The second-order valence-corrected chi connectivity index (χ2v) is 15.8. The predicted molar refractivity (Wildman–Crippen MR) is 204 cm³/mol. The molecule has 18 heteroatoms. The molecular formula is C37H47ClFN7O8S. The standard InChI is InChI=1S/C37H47ClFN7O8S/c1-3-18-52-20-21-53-19-14-41-34(47)9-22-55(50,51)42-24-27(2)54-36(49)44-16-10-37(11-17-44)29-8-13-40-25-32(29)46(35(37)48)26-33-43-30-23-28(38)6-7-31(30)45(33)15-5-4-12-39/h1,6-8,13,23,25,27,42H,4-5,9-12,14-22,24,26H2,2H3,(H,41,47)/t27-/m1/s1. The van der Waals surface area contributed by atoms with Gasteiger partial charge in [-0.2, -0.15) is 0 Å². The van der Waals surface area contributed by atoms with Gasteiger partial charge in [0.25, 0.3) is 0 Å². The minimum absolute atomic E-state index is 0.115. The van der Waals surface area contributed by atoms with Crippen LogP contribution in [0.2, 0.25) is 5.02 Å². The van der Waals surface area contributed by atoms with Crippen molar-refractivity contribution in [3.8, 4) is 12.3 Å². The molecule has 0 aliphatic carbocycles. The van der Waals surface area contributed by atoms with Gasteiger partial charge in [-0.25, -0.2) is 22.9 Å². The fourth-order valence-corrected chi connectivity index (χ4v) is 8.02. The van der Waals surface area contributed by atoms with Gasteiger partial charge in [0, 0.05) is 50.4 Å². The Labute approximate surface area is 325 Å². The SMILES string of the molecule is C#CCOCCOCCNC(=O)CCS(=O)(=O)NC[C@@H](C)OC(=O)N1CCC2(CC1)C(=O)N(Cc1nc3cc(Cl)ccc3n1CCCCF)c1cnccc12. The summed E-state index contributed by atoms with van der Waals surface area (Å²) >= 11 is 6.26. The second-order valence-electron chi connectivity index (χ2n) is 13.4. The molecule has 1 atom stereocenters. The molecule has 2 aliphatic heterocycles. The summed E-state index contributed by atoms with van der Waals surface area (Å²) in [6.07, 6.45) is 8.42. The van der Waals surface area contributed by atoms with Crippen molar-refractivity contribution in [3.05, 3.63) is 53.1 Å². The Morgan fingerprint density at radius 2 is 1.93 bits per heavy atom. The Bertz CT molecular complexity index is 1970. The van der Waals surface area contributed by atoms with Crippen molar-refractivity contribution in [2.75, 3.05) is 69.9 Å². The summed E-state index contributed by atoms with van der Waals surface area (Å²) in [5.74, 6) is 1.98. The van der Waals surface area contributed by atoms with Gasteiger partial charge >= 0.3 is 6.09 Å². The molecule has 2 aliphatic rings. The number of benzene rings is 1. The van der Waals surface area contributed by atoms with Crippen LogP contribution in [0.25, 0.3) is 11.0 Å². The number of anilines is 1. The summed E-state index contributed by atoms with van der Waals surface area (Å²) in [6, 6.07) is 7.27. The van der Waals surface area contributed by atoms with Crippen LogP contribution in [0.5, 0.6) is 0 Å². The highest BCUT2D eigenvalue weighted by Gasteiger charge is 2.53. The van der Waals surface area contributed by atoms with E-state index < -0.39 is 46.0 Å². The third-order valence-electron chi connectivity index (χ3n) is 9.61. The smallest absolute Gasteiger partial charge is 0.410 e. The van der Waals surface area contributed by atoms with Crippen LogP contribution in [-0.2, 0) is 52.3 Å². The number of likely N-dealkylation sites (tertiary alicyclic amines) is 1. The average Bonchev–Trinajstić information content (AvgIpc) is 3.62. The quantitative estimate of drug-likeness (QED) is 0.127. The lowest BCUT2D eigenvalue weighted by Crippen LogP contribution is -2.50. The molecule has 15 nitrogen and oxygen atoms in total. The highest BCUT2D eigenvalue weighted by Crippen LogP contribution is 2.48. The number of amides is 3. The van der Waals surface area contributed by atoms with Gasteiger partial charge in [-0.15, -0.1) is 6.42 Å². The van der Waals surface area contributed by atoms with Crippen molar-refractivity contribution in [2.24, 2.45) is 0 Å². The molecular weight excluding hydrogens is 757 g/mol. The van der Waals surface area contributed by atoms with Crippen molar-refractivity contribution in [3.63, 3.8) is 0 Å². The summed E-state index contributed by atoms with van der Waals surface area (Å²) < 4.78 is 58.4. The molecule has 5 rings (SSSR count). The van der Waals surface area contributed by atoms with Gasteiger partial charge < -0.3 is 33.9 Å². The normalized spacial score (nSPS) is 15.6. The number of rotatable bonds is 20. The molecule has 2 aromatic heterocycles.